The van der Waals surface area contributed by atoms with Crippen molar-refractivity contribution in [1.82, 2.24) is 5.32 Å². The molecule has 0 saturated heterocycles. The molecule has 0 unspecified atom stereocenters. The molecule has 0 fully saturated rings. The molecule has 2 rings (SSSR count). The first-order chi connectivity index (χ1) is 11.4. The number of halogens is 1. The molecule has 0 heterocycles. The van der Waals surface area contributed by atoms with Gasteiger partial charge in [-0.25, -0.2) is 0 Å². The van der Waals surface area contributed by atoms with E-state index in [4.69, 9.17) is 16.3 Å². The molecular weight excluding hydrogens is 332 g/mol. The maximum atomic E-state index is 12.3. The van der Waals surface area contributed by atoms with E-state index >= 15 is 0 Å². The van der Waals surface area contributed by atoms with E-state index < -0.39 is 10.8 Å². The molecule has 2 aromatic rings. The van der Waals surface area contributed by atoms with Gasteiger partial charge in [0.15, 0.2) is 0 Å². The van der Waals surface area contributed by atoms with E-state index in [0.29, 0.717) is 0 Å². The fourth-order valence-corrected chi connectivity index (χ4v) is 2.28. The summed E-state index contributed by atoms with van der Waals surface area (Å²) in [5, 5.41) is 13.7. The lowest BCUT2D eigenvalue weighted by molar-refractivity contribution is -0.384. The van der Waals surface area contributed by atoms with E-state index in [-0.39, 0.29) is 28.9 Å². The van der Waals surface area contributed by atoms with Gasteiger partial charge in [-0.2, -0.15) is 0 Å². The lowest BCUT2D eigenvalue weighted by Crippen LogP contribution is -2.37. The lowest BCUT2D eigenvalue weighted by Gasteiger charge is -2.16. The number of carbonyl (C=O) groups is 1. The fraction of sp³-hybridized carbons (Fsp3) is 0.235. The molecule has 0 aromatic heterocycles. The summed E-state index contributed by atoms with van der Waals surface area (Å²) in [5.74, 6) is 0.261. The van der Waals surface area contributed by atoms with Crippen molar-refractivity contribution in [3.05, 3.63) is 68.7 Å². The van der Waals surface area contributed by atoms with Crippen molar-refractivity contribution < 1.29 is 14.5 Å². The number of nitrogens with one attached hydrogen (secondary N) is 1. The molecule has 0 aliphatic rings. The van der Waals surface area contributed by atoms with E-state index in [1.165, 1.54) is 12.1 Å². The highest BCUT2D eigenvalue weighted by Crippen LogP contribution is 2.22. The first-order valence-electron chi connectivity index (χ1n) is 7.31. The minimum Gasteiger partial charge on any atom is -0.491 e. The summed E-state index contributed by atoms with van der Waals surface area (Å²) in [6.45, 7) is 3.98. The van der Waals surface area contributed by atoms with Gasteiger partial charge in [-0.05, 0) is 31.5 Å². The van der Waals surface area contributed by atoms with Crippen molar-refractivity contribution in [2.75, 3.05) is 6.61 Å². The average Bonchev–Trinajstić information content (AvgIpc) is 2.54. The summed E-state index contributed by atoms with van der Waals surface area (Å²) in [5.41, 5.74) is 0.875. The van der Waals surface area contributed by atoms with E-state index in [9.17, 15) is 14.9 Å². The van der Waals surface area contributed by atoms with Crippen LogP contribution in [-0.4, -0.2) is 23.5 Å². The number of hydrogen-bond donors (Lipinski definition) is 1. The summed E-state index contributed by atoms with van der Waals surface area (Å²) in [7, 11) is 0. The number of benzene rings is 2. The van der Waals surface area contributed by atoms with Crippen LogP contribution >= 0.6 is 11.6 Å². The van der Waals surface area contributed by atoms with Crippen LogP contribution in [0.3, 0.4) is 0 Å². The molecule has 0 aliphatic heterocycles. The van der Waals surface area contributed by atoms with E-state index in [1.807, 2.05) is 31.2 Å². The van der Waals surface area contributed by atoms with Crippen molar-refractivity contribution in [2.45, 2.75) is 19.9 Å². The third-order valence-electron chi connectivity index (χ3n) is 3.37. The van der Waals surface area contributed by atoms with Crippen LogP contribution in [0.1, 0.15) is 22.8 Å². The number of nitrogens with zero attached hydrogens (tertiary/aromatic N) is 1. The van der Waals surface area contributed by atoms with Gasteiger partial charge < -0.3 is 10.1 Å². The standard InChI is InChI=1S/C17H17ClN2O4/c1-11-5-3-4-6-16(11)24-10-12(2)19-17(21)14-9-13(20(22)23)7-8-15(14)18/h3-9,12H,10H2,1-2H3,(H,19,21)/t12-/m0/s1. The third kappa shape index (κ3) is 4.45. The van der Waals surface area contributed by atoms with Crippen molar-refractivity contribution >= 4 is 23.2 Å². The molecular formula is C17H17ClN2O4. The Morgan fingerprint density at radius 3 is 2.71 bits per heavy atom. The van der Waals surface area contributed by atoms with Crippen LogP contribution in [0.2, 0.25) is 5.02 Å². The Kier molecular flexibility index (Phi) is 5.76. The smallest absolute Gasteiger partial charge is 0.270 e. The largest absolute Gasteiger partial charge is 0.491 e. The van der Waals surface area contributed by atoms with Crippen molar-refractivity contribution in [2.24, 2.45) is 0 Å². The number of amides is 1. The molecule has 0 bridgehead atoms. The molecule has 126 valence electrons. The van der Waals surface area contributed by atoms with E-state index in [2.05, 4.69) is 5.32 Å². The highest BCUT2D eigenvalue weighted by molar-refractivity contribution is 6.33. The minimum atomic E-state index is -0.572. The summed E-state index contributed by atoms with van der Waals surface area (Å²) >= 11 is 5.96. The highest BCUT2D eigenvalue weighted by atomic mass is 35.5. The molecule has 24 heavy (non-hydrogen) atoms. The molecule has 1 N–H and O–H groups in total. The lowest BCUT2D eigenvalue weighted by atomic mass is 10.1. The average molecular weight is 349 g/mol. The minimum absolute atomic E-state index is 0.0635. The molecule has 0 aliphatic carbocycles. The number of rotatable bonds is 6. The quantitative estimate of drug-likeness (QED) is 0.636. The number of non-ortho nitro benzene ring substituents is 1. The van der Waals surface area contributed by atoms with Gasteiger partial charge in [-0.1, -0.05) is 29.8 Å². The summed E-state index contributed by atoms with van der Waals surface area (Å²) in [4.78, 5) is 22.5. The second kappa shape index (κ2) is 7.79. The second-order valence-corrected chi connectivity index (χ2v) is 5.78. The molecule has 0 saturated carbocycles. The Morgan fingerprint density at radius 2 is 2.04 bits per heavy atom. The van der Waals surface area contributed by atoms with Crippen LogP contribution in [0, 0.1) is 17.0 Å². The molecule has 1 atom stereocenters. The molecule has 0 radical (unpaired) electrons. The highest BCUT2D eigenvalue weighted by Gasteiger charge is 2.17. The van der Waals surface area contributed by atoms with Crippen LogP contribution in [0.4, 0.5) is 5.69 Å². The summed E-state index contributed by atoms with van der Waals surface area (Å²) in [6.07, 6.45) is 0. The molecule has 1 amide bonds. The zero-order chi connectivity index (χ0) is 17.7. The Balaban J connectivity index is 2.00. The number of nitro groups is 1. The molecule has 0 spiro atoms. The number of ether oxygens (including phenoxy) is 1. The van der Waals surface area contributed by atoms with Crippen molar-refractivity contribution in [1.29, 1.82) is 0 Å². The van der Waals surface area contributed by atoms with Gasteiger partial charge in [0, 0.05) is 12.1 Å². The number of nitro benzene ring substituents is 1. The molecule has 2 aromatic carbocycles. The van der Waals surface area contributed by atoms with E-state index in [1.54, 1.807) is 6.92 Å². The van der Waals surface area contributed by atoms with Gasteiger partial charge in [-0.3, -0.25) is 14.9 Å². The van der Waals surface area contributed by atoms with E-state index in [0.717, 1.165) is 17.4 Å². The predicted molar refractivity (Wildman–Crippen MR) is 91.7 cm³/mol. The van der Waals surface area contributed by atoms with Crippen LogP contribution in [0.15, 0.2) is 42.5 Å². The van der Waals surface area contributed by atoms with Gasteiger partial charge in [0.1, 0.15) is 12.4 Å². The van der Waals surface area contributed by atoms with Gasteiger partial charge in [0.2, 0.25) is 0 Å². The molecule has 6 nitrogen and oxygen atoms in total. The van der Waals surface area contributed by atoms with Crippen LogP contribution in [0.5, 0.6) is 5.75 Å². The van der Waals surface area contributed by atoms with Gasteiger partial charge >= 0.3 is 0 Å². The van der Waals surface area contributed by atoms with Gasteiger partial charge in [0.25, 0.3) is 11.6 Å². The third-order valence-corrected chi connectivity index (χ3v) is 3.69. The fourth-order valence-electron chi connectivity index (χ4n) is 2.08. The number of aryl methyl sites for hydroxylation is 1. The van der Waals surface area contributed by atoms with Crippen LogP contribution < -0.4 is 10.1 Å². The predicted octanol–water partition coefficient (Wildman–Crippen LogP) is 3.75. The number of para-hydroxylation sites is 1. The Bertz CT molecular complexity index is 764. The van der Waals surface area contributed by atoms with Crippen molar-refractivity contribution in [3.8, 4) is 5.75 Å². The first-order valence-corrected chi connectivity index (χ1v) is 7.69. The maximum Gasteiger partial charge on any atom is 0.270 e. The summed E-state index contributed by atoms with van der Waals surface area (Å²) in [6, 6.07) is 11.0. The zero-order valence-corrected chi connectivity index (χ0v) is 14.0. The van der Waals surface area contributed by atoms with Gasteiger partial charge in [0.05, 0.1) is 21.6 Å². The number of carbonyl (C=O) groups excluding carboxylic acids is 1. The van der Waals surface area contributed by atoms with Crippen LogP contribution in [-0.2, 0) is 0 Å². The van der Waals surface area contributed by atoms with Crippen molar-refractivity contribution in [3.63, 3.8) is 0 Å². The Morgan fingerprint density at radius 1 is 1.33 bits per heavy atom. The first kappa shape index (κ1) is 17.7. The Labute approximate surface area is 144 Å². The monoisotopic (exact) mass is 348 g/mol. The number of hydrogen-bond acceptors (Lipinski definition) is 4. The zero-order valence-electron chi connectivity index (χ0n) is 13.3. The topological polar surface area (TPSA) is 81.5 Å². The maximum absolute atomic E-state index is 12.3. The molecule has 7 heteroatoms. The second-order valence-electron chi connectivity index (χ2n) is 5.37. The normalized spacial score (nSPS) is 11.6. The SMILES string of the molecule is Cc1ccccc1OC[C@H](C)NC(=O)c1cc([N+](=O)[O-])ccc1Cl. The Hall–Kier alpha value is -2.60. The summed E-state index contributed by atoms with van der Waals surface area (Å²) < 4.78 is 5.67. The van der Waals surface area contributed by atoms with Gasteiger partial charge in [-0.15, -0.1) is 0 Å². The van der Waals surface area contributed by atoms with Crippen LogP contribution in [0.25, 0.3) is 0 Å².